The maximum Gasteiger partial charge on any atom is 0.337 e. The first-order valence-electron chi connectivity index (χ1n) is 6.33. The summed E-state index contributed by atoms with van der Waals surface area (Å²) < 4.78 is 7.09. The van der Waals surface area contributed by atoms with Crippen LogP contribution in [0.3, 0.4) is 0 Å². The van der Waals surface area contributed by atoms with Crippen LogP contribution in [0.2, 0.25) is 0 Å². The molecule has 1 heterocycles. The summed E-state index contributed by atoms with van der Waals surface area (Å²) in [5, 5.41) is 9.16. The molecule has 102 valence electrons. The Morgan fingerprint density at radius 2 is 2.21 bits per heavy atom. The van der Waals surface area contributed by atoms with Crippen LogP contribution in [-0.4, -0.2) is 34.3 Å². The van der Waals surface area contributed by atoms with Gasteiger partial charge in [-0.25, -0.2) is 9.78 Å². The van der Waals surface area contributed by atoms with Crippen molar-refractivity contribution in [1.29, 1.82) is 0 Å². The molecular formula is C14H18N2O3. The molecular weight excluding hydrogens is 244 g/mol. The van der Waals surface area contributed by atoms with E-state index in [9.17, 15) is 4.79 Å². The molecule has 0 fully saturated rings. The van der Waals surface area contributed by atoms with Gasteiger partial charge in [0.1, 0.15) is 11.3 Å². The molecule has 1 aromatic carbocycles. The zero-order valence-electron chi connectivity index (χ0n) is 11.2. The first-order valence-corrected chi connectivity index (χ1v) is 6.33. The molecule has 0 aliphatic heterocycles. The van der Waals surface area contributed by atoms with Gasteiger partial charge in [0.05, 0.1) is 11.1 Å². The van der Waals surface area contributed by atoms with E-state index in [0.717, 1.165) is 37.3 Å². The lowest BCUT2D eigenvalue weighted by Crippen LogP contribution is -2.02. The molecule has 0 saturated carbocycles. The number of aromatic carboxylic acids is 1. The Morgan fingerprint density at radius 1 is 1.42 bits per heavy atom. The van der Waals surface area contributed by atoms with Crippen LogP contribution in [0.1, 0.15) is 29.0 Å². The number of imidazole rings is 1. The van der Waals surface area contributed by atoms with E-state index in [-0.39, 0.29) is 5.56 Å². The molecule has 0 aliphatic carbocycles. The minimum atomic E-state index is -0.936. The molecule has 0 bridgehead atoms. The summed E-state index contributed by atoms with van der Waals surface area (Å²) in [6.07, 6.45) is 1.96. The molecule has 0 radical (unpaired) electrons. The number of carboxylic acid groups (broad SMARTS) is 1. The molecule has 2 aromatic rings. The number of aromatic nitrogens is 2. The Morgan fingerprint density at radius 3 is 2.89 bits per heavy atom. The smallest absolute Gasteiger partial charge is 0.337 e. The number of hydrogen-bond donors (Lipinski definition) is 1. The largest absolute Gasteiger partial charge is 0.478 e. The number of methoxy groups -OCH3 is 1. The number of ether oxygens (including phenoxy) is 1. The maximum absolute atomic E-state index is 11.2. The van der Waals surface area contributed by atoms with Crippen molar-refractivity contribution >= 4 is 17.0 Å². The van der Waals surface area contributed by atoms with E-state index in [0.29, 0.717) is 5.52 Å². The minimum absolute atomic E-state index is 0.260. The fourth-order valence-electron chi connectivity index (χ4n) is 2.23. The summed E-state index contributed by atoms with van der Waals surface area (Å²) in [5.41, 5.74) is 1.71. The van der Waals surface area contributed by atoms with Crippen molar-refractivity contribution in [2.75, 3.05) is 13.7 Å². The lowest BCUT2D eigenvalue weighted by molar-refractivity contribution is 0.0699. The fourth-order valence-corrected chi connectivity index (χ4v) is 2.23. The van der Waals surface area contributed by atoms with Crippen molar-refractivity contribution in [3.63, 3.8) is 0 Å². The van der Waals surface area contributed by atoms with Crippen molar-refractivity contribution in [3.8, 4) is 0 Å². The van der Waals surface area contributed by atoms with Gasteiger partial charge in [0.2, 0.25) is 0 Å². The van der Waals surface area contributed by atoms with E-state index < -0.39 is 5.97 Å². The van der Waals surface area contributed by atoms with Gasteiger partial charge in [0.15, 0.2) is 0 Å². The highest BCUT2D eigenvalue weighted by Gasteiger charge is 2.14. The summed E-state index contributed by atoms with van der Waals surface area (Å²) in [5.74, 6) is -0.0873. The van der Waals surface area contributed by atoms with Crippen LogP contribution >= 0.6 is 0 Å². The predicted octanol–water partition coefficient (Wildman–Crippen LogP) is 2.47. The zero-order chi connectivity index (χ0) is 13.8. The van der Waals surface area contributed by atoms with E-state index in [1.807, 2.05) is 13.0 Å². The lowest BCUT2D eigenvalue weighted by atomic mass is 10.2. The van der Waals surface area contributed by atoms with Crippen LogP contribution in [0.25, 0.3) is 11.0 Å². The number of para-hydroxylation sites is 1. The fraction of sp³-hybridized carbons (Fsp3) is 0.429. The first-order chi connectivity index (χ1) is 9.15. The number of nitrogens with zero attached hydrogens (tertiary/aromatic N) is 2. The maximum atomic E-state index is 11.2. The van der Waals surface area contributed by atoms with Crippen LogP contribution in [-0.2, 0) is 11.3 Å². The zero-order valence-corrected chi connectivity index (χ0v) is 11.2. The van der Waals surface area contributed by atoms with Crippen molar-refractivity contribution in [2.45, 2.75) is 26.3 Å². The van der Waals surface area contributed by atoms with E-state index in [1.165, 1.54) is 0 Å². The van der Waals surface area contributed by atoms with E-state index in [1.54, 1.807) is 19.2 Å². The third-order valence-electron chi connectivity index (χ3n) is 3.18. The molecule has 0 aliphatic rings. The molecule has 19 heavy (non-hydrogen) atoms. The average Bonchev–Trinajstić information content (AvgIpc) is 2.70. The monoisotopic (exact) mass is 262 g/mol. The second kappa shape index (κ2) is 5.84. The second-order valence-electron chi connectivity index (χ2n) is 4.49. The first kappa shape index (κ1) is 13.5. The van der Waals surface area contributed by atoms with Gasteiger partial charge in [0.25, 0.3) is 0 Å². The van der Waals surface area contributed by atoms with Gasteiger partial charge in [-0.2, -0.15) is 0 Å². The number of carbonyl (C=O) groups is 1. The van der Waals surface area contributed by atoms with Gasteiger partial charge in [-0.05, 0) is 31.9 Å². The SMILES string of the molecule is COCCCCn1c(C)nc2c(C(=O)O)cccc21. The predicted molar refractivity (Wildman–Crippen MR) is 72.5 cm³/mol. The Hall–Kier alpha value is -1.88. The van der Waals surface area contributed by atoms with Gasteiger partial charge >= 0.3 is 5.97 Å². The molecule has 0 amide bonds. The van der Waals surface area contributed by atoms with Crippen LogP contribution in [0.5, 0.6) is 0 Å². The van der Waals surface area contributed by atoms with Gasteiger partial charge in [-0.1, -0.05) is 6.07 Å². The molecule has 0 saturated heterocycles. The number of rotatable bonds is 6. The number of aryl methyl sites for hydroxylation is 2. The number of fused-ring (bicyclic) bond motifs is 1. The van der Waals surface area contributed by atoms with Gasteiger partial charge < -0.3 is 14.4 Å². The van der Waals surface area contributed by atoms with Crippen LogP contribution in [0.15, 0.2) is 18.2 Å². The van der Waals surface area contributed by atoms with E-state index in [2.05, 4.69) is 9.55 Å². The Labute approximate surface area is 111 Å². The van der Waals surface area contributed by atoms with Crippen LogP contribution in [0, 0.1) is 6.92 Å². The summed E-state index contributed by atoms with van der Waals surface area (Å²) in [6, 6.07) is 5.27. The molecule has 0 spiro atoms. The highest BCUT2D eigenvalue weighted by atomic mass is 16.5. The van der Waals surface area contributed by atoms with Crippen molar-refractivity contribution in [2.24, 2.45) is 0 Å². The quantitative estimate of drug-likeness (QED) is 0.812. The number of benzene rings is 1. The topological polar surface area (TPSA) is 64.4 Å². The molecule has 1 N–H and O–H groups in total. The van der Waals surface area contributed by atoms with Crippen molar-refractivity contribution in [3.05, 3.63) is 29.6 Å². The lowest BCUT2D eigenvalue weighted by Gasteiger charge is -2.06. The molecule has 0 unspecified atom stereocenters. The number of unbranched alkanes of at least 4 members (excludes halogenated alkanes) is 1. The molecule has 2 rings (SSSR count). The summed E-state index contributed by atoms with van der Waals surface area (Å²) in [4.78, 5) is 15.6. The molecule has 5 nitrogen and oxygen atoms in total. The molecule has 0 atom stereocenters. The van der Waals surface area contributed by atoms with Crippen LogP contribution in [0.4, 0.5) is 0 Å². The third-order valence-corrected chi connectivity index (χ3v) is 3.18. The van der Waals surface area contributed by atoms with Gasteiger partial charge in [-0.15, -0.1) is 0 Å². The van der Waals surface area contributed by atoms with Gasteiger partial charge in [0, 0.05) is 20.3 Å². The average molecular weight is 262 g/mol. The Balaban J connectivity index is 2.31. The van der Waals surface area contributed by atoms with Crippen LogP contribution < -0.4 is 0 Å². The highest BCUT2D eigenvalue weighted by molar-refractivity contribution is 6.01. The Bertz CT molecular complexity index is 590. The summed E-state index contributed by atoms with van der Waals surface area (Å²) >= 11 is 0. The minimum Gasteiger partial charge on any atom is -0.478 e. The number of hydrogen-bond acceptors (Lipinski definition) is 3. The van der Waals surface area contributed by atoms with E-state index >= 15 is 0 Å². The van der Waals surface area contributed by atoms with Crippen molar-refractivity contribution in [1.82, 2.24) is 9.55 Å². The van der Waals surface area contributed by atoms with Gasteiger partial charge in [-0.3, -0.25) is 0 Å². The second-order valence-corrected chi connectivity index (χ2v) is 4.49. The standard InChI is InChI=1S/C14H18N2O3/c1-10-15-13-11(14(17)18)6-5-7-12(13)16(10)8-3-4-9-19-2/h5-7H,3-4,8-9H2,1-2H3,(H,17,18). The third kappa shape index (κ3) is 2.76. The normalized spacial score (nSPS) is 11.1. The number of carboxylic acids is 1. The van der Waals surface area contributed by atoms with Crippen molar-refractivity contribution < 1.29 is 14.6 Å². The summed E-state index contributed by atoms with van der Waals surface area (Å²) in [7, 11) is 1.69. The molecule has 5 heteroatoms. The Kier molecular flexibility index (Phi) is 4.16. The highest BCUT2D eigenvalue weighted by Crippen LogP contribution is 2.20. The van der Waals surface area contributed by atoms with E-state index in [4.69, 9.17) is 9.84 Å². The summed E-state index contributed by atoms with van der Waals surface area (Å²) in [6.45, 7) is 3.47. The molecule has 1 aromatic heterocycles.